The van der Waals surface area contributed by atoms with Crippen LogP contribution in [0.1, 0.15) is 19.6 Å². The second-order valence-corrected chi connectivity index (χ2v) is 6.65. The highest BCUT2D eigenvalue weighted by molar-refractivity contribution is 8.14. The molecular formula is C8H11ClO3S. The van der Waals surface area contributed by atoms with Crippen molar-refractivity contribution in [1.82, 2.24) is 0 Å². The summed E-state index contributed by atoms with van der Waals surface area (Å²) in [5, 5.41) is 0. The molecule has 74 valence electrons. The van der Waals surface area contributed by atoms with Crippen LogP contribution < -0.4 is 0 Å². The Hall–Kier alpha value is -0.480. The molecule has 0 aliphatic rings. The summed E-state index contributed by atoms with van der Waals surface area (Å²) >= 11 is 0. The zero-order valence-electron chi connectivity index (χ0n) is 7.45. The minimum absolute atomic E-state index is 0.284. The molecule has 0 amide bonds. The summed E-state index contributed by atoms with van der Waals surface area (Å²) in [7, 11) is 1.71. The number of furan rings is 1. The van der Waals surface area contributed by atoms with Crippen LogP contribution in [0, 0.1) is 0 Å². The molecule has 13 heavy (non-hydrogen) atoms. The van der Waals surface area contributed by atoms with Crippen molar-refractivity contribution in [3.05, 3.63) is 24.2 Å². The van der Waals surface area contributed by atoms with Crippen LogP contribution in [0.3, 0.4) is 0 Å². The summed E-state index contributed by atoms with van der Waals surface area (Å²) in [6.07, 6.45) is 1.79. The molecule has 1 aromatic heterocycles. The van der Waals surface area contributed by atoms with Gasteiger partial charge in [-0.3, -0.25) is 0 Å². The molecule has 0 aliphatic carbocycles. The quantitative estimate of drug-likeness (QED) is 0.737. The van der Waals surface area contributed by atoms with Crippen molar-refractivity contribution in [2.45, 2.75) is 25.0 Å². The first-order chi connectivity index (χ1) is 5.83. The van der Waals surface area contributed by atoms with Gasteiger partial charge >= 0.3 is 0 Å². The van der Waals surface area contributed by atoms with Gasteiger partial charge < -0.3 is 4.42 Å². The summed E-state index contributed by atoms with van der Waals surface area (Å²) in [4.78, 5) is 0. The van der Waals surface area contributed by atoms with E-state index in [-0.39, 0.29) is 6.42 Å². The summed E-state index contributed by atoms with van der Waals surface area (Å²) in [6.45, 7) is 3.13. The topological polar surface area (TPSA) is 47.3 Å². The molecule has 0 bridgehead atoms. The SMILES string of the molecule is CC(C)(Cc1ccco1)S(=O)(=O)Cl. The smallest absolute Gasteiger partial charge is 0.238 e. The van der Waals surface area contributed by atoms with Gasteiger partial charge in [0.25, 0.3) is 0 Å². The molecule has 1 aromatic rings. The number of hydrogen-bond acceptors (Lipinski definition) is 3. The highest BCUT2D eigenvalue weighted by Crippen LogP contribution is 2.25. The molecule has 3 nitrogen and oxygen atoms in total. The lowest BCUT2D eigenvalue weighted by Gasteiger charge is -2.18. The number of hydrogen-bond donors (Lipinski definition) is 0. The van der Waals surface area contributed by atoms with E-state index in [0.717, 1.165) is 0 Å². The van der Waals surface area contributed by atoms with Crippen LogP contribution in [-0.4, -0.2) is 13.2 Å². The van der Waals surface area contributed by atoms with Gasteiger partial charge in [0.2, 0.25) is 9.05 Å². The minimum Gasteiger partial charge on any atom is -0.469 e. The van der Waals surface area contributed by atoms with Gasteiger partial charge in [-0.2, -0.15) is 0 Å². The molecule has 1 heterocycles. The molecule has 0 atom stereocenters. The monoisotopic (exact) mass is 222 g/mol. The zero-order valence-corrected chi connectivity index (χ0v) is 9.02. The normalized spacial score (nSPS) is 13.2. The van der Waals surface area contributed by atoms with Gasteiger partial charge in [0.1, 0.15) is 5.76 Å². The van der Waals surface area contributed by atoms with Gasteiger partial charge in [0, 0.05) is 17.1 Å². The first-order valence-electron chi connectivity index (χ1n) is 3.79. The zero-order chi connectivity index (χ0) is 10.1. The summed E-state index contributed by atoms with van der Waals surface area (Å²) in [5.41, 5.74) is 0. The minimum atomic E-state index is -3.57. The van der Waals surface area contributed by atoms with Gasteiger partial charge in [-0.25, -0.2) is 8.42 Å². The molecule has 0 aromatic carbocycles. The van der Waals surface area contributed by atoms with Crippen molar-refractivity contribution in [2.24, 2.45) is 0 Å². The summed E-state index contributed by atoms with van der Waals surface area (Å²) in [6, 6.07) is 3.44. The third-order valence-electron chi connectivity index (χ3n) is 1.84. The predicted molar refractivity (Wildman–Crippen MR) is 51.3 cm³/mol. The second kappa shape index (κ2) is 3.35. The van der Waals surface area contributed by atoms with Gasteiger partial charge in [0.15, 0.2) is 0 Å². The lowest BCUT2D eigenvalue weighted by molar-refractivity contribution is 0.473. The van der Waals surface area contributed by atoms with Crippen LogP contribution in [0.25, 0.3) is 0 Å². The van der Waals surface area contributed by atoms with Crippen molar-refractivity contribution in [2.75, 3.05) is 0 Å². The largest absolute Gasteiger partial charge is 0.469 e. The van der Waals surface area contributed by atoms with E-state index in [2.05, 4.69) is 0 Å². The molecule has 0 N–H and O–H groups in total. The maximum absolute atomic E-state index is 11.1. The maximum atomic E-state index is 11.1. The van der Waals surface area contributed by atoms with E-state index < -0.39 is 13.8 Å². The maximum Gasteiger partial charge on any atom is 0.238 e. The average Bonchev–Trinajstić information content (AvgIpc) is 2.35. The highest BCUT2D eigenvalue weighted by Gasteiger charge is 2.33. The third-order valence-corrected chi connectivity index (χ3v) is 4.56. The van der Waals surface area contributed by atoms with Crippen molar-refractivity contribution < 1.29 is 12.8 Å². The lowest BCUT2D eigenvalue weighted by Crippen LogP contribution is -2.30. The molecule has 0 saturated heterocycles. The number of halogens is 1. The van der Waals surface area contributed by atoms with Crippen molar-refractivity contribution >= 4 is 19.7 Å². The van der Waals surface area contributed by atoms with E-state index in [1.165, 1.54) is 6.26 Å². The Morgan fingerprint density at radius 1 is 1.54 bits per heavy atom. The fraction of sp³-hybridized carbons (Fsp3) is 0.500. The molecule has 0 aliphatic heterocycles. The van der Waals surface area contributed by atoms with Crippen LogP contribution in [0.2, 0.25) is 0 Å². The Kier molecular flexibility index (Phi) is 2.73. The van der Waals surface area contributed by atoms with Gasteiger partial charge in [-0.1, -0.05) is 0 Å². The van der Waals surface area contributed by atoms with Crippen LogP contribution in [0.5, 0.6) is 0 Å². The van der Waals surface area contributed by atoms with Gasteiger partial charge in [-0.05, 0) is 26.0 Å². The summed E-state index contributed by atoms with van der Waals surface area (Å²) in [5.74, 6) is 0.620. The Balaban J connectivity index is 2.86. The van der Waals surface area contributed by atoms with E-state index in [4.69, 9.17) is 15.1 Å². The third kappa shape index (κ3) is 2.48. The molecule has 1 rings (SSSR count). The Labute approximate surface area is 82.1 Å². The van der Waals surface area contributed by atoms with Crippen molar-refractivity contribution in [1.29, 1.82) is 0 Å². The Bertz CT molecular complexity index is 364. The van der Waals surface area contributed by atoms with Crippen LogP contribution >= 0.6 is 10.7 Å². The van der Waals surface area contributed by atoms with E-state index in [9.17, 15) is 8.42 Å². The highest BCUT2D eigenvalue weighted by atomic mass is 35.7. The fourth-order valence-electron chi connectivity index (χ4n) is 0.919. The van der Waals surface area contributed by atoms with E-state index in [1.54, 1.807) is 26.0 Å². The molecule has 0 unspecified atom stereocenters. The molecule has 0 radical (unpaired) electrons. The average molecular weight is 223 g/mol. The van der Waals surface area contributed by atoms with E-state index in [0.29, 0.717) is 5.76 Å². The van der Waals surface area contributed by atoms with E-state index >= 15 is 0 Å². The molecular weight excluding hydrogens is 212 g/mol. The van der Waals surface area contributed by atoms with Crippen LogP contribution in [0.15, 0.2) is 22.8 Å². The van der Waals surface area contributed by atoms with Gasteiger partial charge in [0.05, 0.1) is 11.0 Å². The van der Waals surface area contributed by atoms with E-state index in [1.807, 2.05) is 0 Å². The molecule has 5 heteroatoms. The predicted octanol–water partition coefficient (Wildman–Crippen LogP) is 2.17. The van der Waals surface area contributed by atoms with Crippen molar-refractivity contribution in [3.63, 3.8) is 0 Å². The molecule has 0 spiro atoms. The standard InChI is InChI=1S/C8H11ClO3S/c1-8(2,13(9,10)11)6-7-4-3-5-12-7/h3-5H,6H2,1-2H3. The van der Waals surface area contributed by atoms with Gasteiger partial charge in [-0.15, -0.1) is 0 Å². The summed E-state index contributed by atoms with van der Waals surface area (Å²) < 4.78 is 26.3. The fourth-order valence-corrected chi connectivity index (χ4v) is 1.40. The van der Waals surface area contributed by atoms with Crippen molar-refractivity contribution in [3.8, 4) is 0 Å². The molecule has 0 saturated carbocycles. The first-order valence-corrected chi connectivity index (χ1v) is 6.10. The lowest BCUT2D eigenvalue weighted by atomic mass is 10.1. The second-order valence-electron chi connectivity index (χ2n) is 3.45. The van der Waals surface area contributed by atoms with Crippen LogP contribution in [-0.2, 0) is 15.5 Å². The van der Waals surface area contributed by atoms with Crippen LogP contribution in [0.4, 0.5) is 0 Å². The molecule has 0 fully saturated rings. The Morgan fingerprint density at radius 3 is 2.54 bits per heavy atom. The first kappa shape index (κ1) is 10.6. The Morgan fingerprint density at radius 2 is 2.15 bits per heavy atom. The number of rotatable bonds is 3.